The molecule has 1 atom stereocenters. The quantitative estimate of drug-likeness (QED) is 0.327. The number of anilines is 2. The van der Waals surface area contributed by atoms with Gasteiger partial charge in [0.25, 0.3) is 11.8 Å². The predicted octanol–water partition coefficient (Wildman–Crippen LogP) is 6.30. The molecular weight excluding hydrogens is 451 g/mol. The number of carbonyl (C=O) groups is 2. The van der Waals surface area contributed by atoms with Crippen LogP contribution in [0.15, 0.2) is 132 Å². The molecule has 6 rings (SSSR count). The van der Waals surface area contributed by atoms with E-state index in [1.807, 2.05) is 97.1 Å². The molecule has 0 saturated heterocycles. The summed E-state index contributed by atoms with van der Waals surface area (Å²) in [5.41, 5.74) is 4.28. The number of rotatable bonds is 4. The van der Waals surface area contributed by atoms with E-state index in [2.05, 4.69) is 0 Å². The van der Waals surface area contributed by atoms with Gasteiger partial charge < -0.3 is 0 Å². The molecule has 0 N–H and O–H groups in total. The normalized spacial score (nSPS) is 18.4. The van der Waals surface area contributed by atoms with Gasteiger partial charge in [-0.05, 0) is 53.6 Å². The minimum atomic E-state index is -0.594. The molecule has 2 aliphatic heterocycles. The monoisotopic (exact) mass is 472 g/mol. The summed E-state index contributed by atoms with van der Waals surface area (Å²) in [5.74, 6) is -0.903. The fourth-order valence-corrected chi connectivity index (χ4v) is 4.93. The van der Waals surface area contributed by atoms with Crippen LogP contribution in [0.1, 0.15) is 17.2 Å². The van der Waals surface area contributed by atoms with Gasteiger partial charge >= 0.3 is 0 Å². The zero-order valence-electron chi connectivity index (χ0n) is 19.2. The highest BCUT2D eigenvalue weighted by molar-refractivity contribution is 6.29. The minimum Gasteiger partial charge on any atom is -0.295 e. The molecule has 2 amide bonds. The Kier molecular flexibility index (Phi) is 5.30. The lowest BCUT2D eigenvalue weighted by Crippen LogP contribution is -2.38. The Hall–Kier alpha value is -4.77. The molecule has 0 fully saturated rings. The third-order valence-electron chi connectivity index (χ3n) is 6.50. The van der Waals surface area contributed by atoms with Gasteiger partial charge in [0.1, 0.15) is 11.5 Å². The summed E-state index contributed by atoms with van der Waals surface area (Å²) in [7, 11) is 0. The molecule has 0 saturated carbocycles. The molecule has 4 nitrogen and oxygen atoms in total. The summed E-state index contributed by atoms with van der Waals surface area (Å²) < 4.78 is 13.9. The Morgan fingerprint density at radius 1 is 0.639 bits per heavy atom. The molecule has 36 heavy (non-hydrogen) atoms. The maximum Gasteiger partial charge on any atom is 0.276 e. The molecule has 0 aromatic heterocycles. The van der Waals surface area contributed by atoms with Crippen LogP contribution in [0.4, 0.5) is 15.8 Å². The summed E-state index contributed by atoms with van der Waals surface area (Å²) in [6.45, 7) is 0. The Morgan fingerprint density at radius 3 is 1.81 bits per heavy atom. The van der Waals surface area contributed by atoms with Crippen LogP contribution < -0.4 is 9.80 Å². The first-order chi connectivity index (χ1) is 17.6. The molecule has 5 heteroatoms. The number of carbonyl (C=O) groups excluding carboxylic acids is 2. The van der Waals surface area contributed by atoms with E-state index in [0.717, 1.165) is 11.1 Å². The molecular formula is C31H21FN2O2. The Bertz CT molecular complexity index is 1510. The third-order valence-corrected chi connectivity index (χ3v) is 6.50. The van der Waals surface area contributed by atoms with Crippen molar-refractivity contribution in [2.75, 3.05) is 9.80 Å². The van der Waals surface area contributed by atoms with E-state index in [9.17, 15) is 14.0 Å². The number of amides is 2. The van der Waals surface area contributed by atoms with Crippen molar-refractivity contribution in [2.45, 2.75) is 6.04 Å². The Morgan fingerprint density at radius 2 is 1.19 bits per heavy atom. The highest BCUT2D eigenvalue weighted by Gasteiger charge is 2.52. The minimum absolute atomic E-state index is 0.261. The van der Waals surface area contributed by atoms with Gasteiger partial charge in [0.2, 0.25) is 0 Å². The first-order valence-electron chi connectivity index (χ1n) is 11.7. The molecule has 4 aromatic rings. The average Bonchev–Trinajstić information content (AvgIpc) is 3.37. The maximum absolute atomic E-state index is 14.1. The molecule has 2 heterocycles. The van der Waals surface area contributed by atoms with Crippen LogP contribution in [-0.2, 0) is 9.59 Å². The molecule has 0 spiro atoms. The van der Waals surface area contributed by atoms with Crippen LogP contribution in [0.3, 0.4) is 0 Å². The van der Waals surface area contributed by atoms with Gasteiger partial charge in [-0.3, -0.25) is 19.4 Å². The number of hydrogen-bond acceptors (Lipinski definition) is 2. The lowest BCUT2D eigenvalue weighted by Gasteiger charge is -2.30. The fraction of sp³-hybridized carbons (Fsp3) is 0.0323. The van der Waals surface area contributed by atoms with Gasteiger partial charge in [-0.1, -0.05) is 78.9 Å². The molecule has 174 valence electrons. The lowest BCUT2D eigenvalue weighted by molar-refractivity contribution is -0.118. The van der Waals surface area contributed by atoms with Crippen LogP contribution in [0.2, 0.25) is 0 Å². The van der Waals surface area contributed by atoms with E-state index in [1.165, 1.54) is 17.0 Å². The van der Waals surface area contributed by atoms with E-state index < -0.39 is 6.04 Å². The van der Waals surface area contributed by atoms with Crippen LogP contribution in [0, 0.1) is 5.82 Å². The van der Waals surface area contributed by atoms with Crippen LogP contribution in [0.5, 0.6) is 0 Å². The van der Waals surface area contributed by atoms with Crippen LogP contribution in [0.25, 0.3) is 6.08 Å². The van der Waals surface area contributed by atoms with Gasteiger partial charge in [0.05, 0.1) is 6.04 Å². The first-order valence-corrected chi connectivity index (χ1v) is 11.7. The summed E-state index contributed by atoms with van der Waals surface area (Å²) in [6, 6.07) is 33.6. The fourth-order valence-electron chi connectivity index (χ4n) is 4.93. The van der Waals surface area contributed by atoms with E-state index in [1.54, 1.807) is 17.0 Å². The van der Waals surface area contributed by atoms with Gasteiger partial charge in [-0.15, -0.1) is 0 Å². The van der Waals surface area contributed by atoms with Gasteiger partial charge in [-0.2, -0.15) is 0 Å². The lowest BCUT2D eigenvalue weighted by atomic mass is 9.93. The SMILES string of the molecule is O=C1/C(=C\c2ccccc2)C2=C(C(=O)N(c3ccccc3)[C@H]2c2ccc(F)cc2)N1c1ccccc1. The molecule has 0 unspecified atom stereocenters. The van der Waals surface area contributed by atoms with Crippen LogP contribution >= 0.6 is 0 Å². The van der Waals surface area contributed by atoms with Gasteiger partial charge in [0, 0.05) is 22.5 Å². The molecule has 2 aliphatic rings. The summed E-state index contributed by atoms with van der Waals surface area (Å²) in [6.07, 6.45) is 1.83. The largest absolute Gasteiger partial charge is 0.295 e. The number of benzene rings is 4. The molecule has 4 aromatic carbocycles. The Labute approximate surface area is 208 Å². The molecule has 0 bridgehead atoms. The highest BCUT2D eigenvalue weighted by Crippen LogP contribution is 2.50. The average molecular weight is 473 g/mol. The number of nitrogens with zero attached hydrogens (tertiary/aromatic N) is 2. The van der Waals surface area contributed by atoms with Crippen molar-refractivity contribution in [1.82, 2.24) is 0 Å². The van der Waals surface area contributed by atoms with E-state index in [4.69, 9.17) is 0 Å². The molecule has 0 aliphatic carbocycles. The standard InChI is InChI=1S/C31H21FN2O2/c32-23-18-16-22(17-19-23)28-27-26(20-21-10-4-1-5-11-21)30(35)34(25-14-8-3-9-15-25)29(27)31(36)33(28)24-12-6-2-7-13-24/h1-20,28H/b26-20-/t28-/m0/s1. The van der Waals surface area contributed by atoms with Gasteiger partial charge in [0.15, 0.2) is 0 Å². The van der Waals surface area contributed by atoms with Crippen molar-refractivity contribution >= 4 is 29.3 Å². The van der Waals surface area contributed by atoms with E-state index in [0.29, 0.717) is 28.2 Å². The predicted molar refractivity (Wildman–Crippen MR) is 138 cm³/mol. The van der Waals surface area contributed by atoms with Crippen molar-refractivity contribution in [3.8, 4) is 0 Å². The third kappa shape index (κ3) is 3.53. The number of hydrogen-bond donors (Lipinski definition) is 0. The second kappa shape index (κ2) is 8.78. The summed E-state index contributed by atoms with van der Waals surface area (Å²) >= 11 is 0. The van der Waals surface area contributed by atoms with Crippen molar-refractivity contribution in [2.24, 2.45) is 0 Å². The highest BCUT2D eigenvalue weighted by atomic mass is 19.1. The second-order valence-electron chi connectivity index (χ2n) is 8.67. The number of halogens is 1. The smallest absolute Gasteiger partial charge is 0.276 e. The van der Waals surface area contributed by atoms with Crippen molar-refractivity contribution in [3.05, 3.63) is 149 Å². The zero-order chi connectivity index (χ0) is 24.6. The zero-order valence-corrected chi connectivity index (χ0v) is 19.2. The molecule has 0 radical (unpaired) electrons. The second-order valence-corrected chi connectivity index (χ2v) is 8.67. The summed E-state index contributed by atoms with van der Waals surface area (Å²) in [5, 5.41) is 0. The van der Waals surface area contributed by atoms with Crippen molar-refractivity contribution < 1.29 is 14.0 Å². The van der Waals surface area contributed by atoms with Crippen LogP contribution in [-0.4, -0.2) is 11.8 Å². The van der Waals surface area contributed by atoms with E-state index >= 15 is 0 Å². The number of para-hydroxylation sites is 2. The maximum atomic E-state index is 14.1. The Balaban J connectivity index is 1.62. The first kappa shape index (κ1) is 21.7. The van der Waals surface area contributed by atoms with Crippen molar-refractivity contribution in [3.63, 3.8) is 0 Å². The topological polar surface area (TPSA) is 40.6 Å². The summed E-state index contributed by atoms with van der Waals surface area (Å²) in [4.78, 5) is 31.3. The van der Waals surface area contributed by atoms with Gasteiger partial charge in [-0.25, -0.2) is 4.39 Å². The van der Waals surface area contributed by atoms with E-state index in [-0.39, 0.29) is 17.6 Å². The van der Waals surface area contributed by atoms with Crippen molar-refractivity contribution in [1.29, 1.82) is 0 Å².